The van der Waals surface area contributed by atoms with Crippen LogP contribution in [0.5, 0.6) is 0 Å². The van der Waals surface area contributed by atoms with Crippen molar-refractivity contribution in [2.75, 3.05) is 13.1 Å². The minimum atomic E-state index is -3.86. The second-order valence-corrected chi connectivity index (χ2v) is 7.94. The van der Waals surface area contributed by atoms with Crippen LogP contribution in [0.2, 0.25) is 10.0 Å². The van der Waals surface area contributed by atoms with Gasteiger partial charge in [0, 0.05) is 13.1 Å². The zero-order chi connectivity index (χ0) is 15.8. The molecule has 1 fully saturated rings. The number of carboxylic acid groups (broad SMARTS) is 1. The van der Waals surface area contributed by atoms with E-state index in [2.05, 4.69) is 0 Å². The number of carboxylic acids is 1. The molecule has 0 radical (unpaired) electrons. The molecule has 1 aliphatic rings. The van der Waals surface area contributed by atoms with Crippen molar-refractivity contribution >= 4 is 39.2 Å². The van der Waals surface area contributed by atoms with E-state index < -0.39 is 21.9 Å². The molecule has 21 heavy (non-hydrogen) atoms. The first-order chi connectivity index (χ1) is 9.73. The van der Waals surface area contributed by atoms with Crippen molar-refractivity contribution in [1.82, 2.24) is 4.31 Å². The number of rotatable bonds is 3. The predicted octanol–water partition coefficient (Wildman–Crippen LogP) is 2.72. The Kier molecular flexibility index (Phi) is 4.82. The Balaban J connectivity index is 2.39. The average Bonchev–Trinajstić information content (AvgIpc) is 2.40. The van der Waals surface area contributed by atoms with E-state index in [4.69, 9.17) is 28.3 Å². The quantitative estimate of drug-likeness (QED) is 0.908. The van der Waals surface area contributed by atoms with Crippen LogP contribution in [0, 0.1) is 11.8 Å². The third kappa shape index (κ3) is 3.34. The highest BCUT2D eigenvalue weighted by Gasteiger charge is 2.37. The Morgan fingerprint density at radius 1 is 1.33 bits per heavy atom. The molecule has 8 heteroatoms. The molecule has 0 aliphatic carbocycles. The van der Waals surface area contributed by atoms with Crippen molar-refractivity contribution in [2.24, 2.45) is 11.8 Å². The predicted molar refractivity (Wildman–Crippen MR) is 80.1 cm³/mol. The Morgan fingerprint density at radius 2 is 2.00 bits per heavy atom. The maximum atomic E-state index is 12.7. The summed E-state index contributed by atoms with van der Waals surface area (Å²) < 4.78 is 26.5. The molecular formula is C13H15Cl2NO4S. The van der Waals surface area contributed by atoms with Crippen LogP contribution in [0.25, 0.3) is 0 Å². The monoisotopic (exact) mass is 351 g/mol. The topological polar surface area (TPSA) is 74.7 Å². The third-order valence-corrected chi connectivity index (χ3v) is 6.31. The largest absolute Gasteiger partial charge is 0.481 e. The third-order valence-electron chi connectivity index (χ3n) is 3.51. The maximum absolute atomic E-state index is 12.7. The molecule has 2 rings (SSSR count). The number of hydrogen-bond donors (Lipinski definition) is 1. The molecule has 5 nitrogen and oxygen atoms in total. The van der Waals surface area contributed by atoms with Gasteiger partial charge in [-0.3, -0.25) is 4.79 Å². The van der Waals surface area contributed by atoms with Crippen LogP contribution >= 0.6 is 23.2 Å². The van der Waals surface area contributed by atoms with Crippen molar-refractivity contribution in [3.05, 3.63) is 28.2 Å². The Bertz CT molecular complexity index is 662. The molecule has 0 amide bonds. The second-order valence-electron chi connectivity index (χ2n) is 5.25. The van der Waals surface area contributed by atoms with Crippen molar-refractivity contribution in [1.29, 1.82) is 0 Å². The fraction of sp³-hybridized carbons (Fsp3) is 0.462. The molecule has 2 atom stereocenters. The Hall–Kier alpha value is -0.820. The van der Waals surface area contributed by atoms with E-state index in [-0.39, 0.29) is 33.9 Å². The van der Waals surface area contributed by atoms with Gasteiger partial charge in [0.25, 0.3) is 0 Å². The zero-order valence-electron chi connectivity index (χ0n) is 11.3. The minimum absolute atomic E-state index is 0.0346. The van der Waals surface area contributed by atoms with Gasteiger partial charge in [-0.15, -0.1) is 0 Å². The molecule has 0 bridgehead atoms. The minimum Gasteiger partial charge on any atom is -0.481 e. The molecule has 1 aliphatic heterocycles. The summed E-state index contributed by atoms with van der Waals surface area (Å²) in [6.07, 6.45) is 0.463. The van der Waals surface area contributed by atoms with E-state index in [9.17, 15) is 13.2 Å². The van der Waals surface area contributed by atoms with Crippen LogP contribution in [0.3, 0.4) is 0 Å². The lowest BCUT2D eigenvalue weighted by Crippen LogP contribution is -2.45. The number of nitrogens with zero attached hydrogens (tertiary/aromatic N) is 1. The SMILES string of the molecule is CC1CC(C(=O)O)CN(S(=O)(=O)c2cccc(Cl)c2Cl)C1. The van der Waals surface area contributed by atoms with Gasteiger partial charge in [0.1, 0.15) is 4.90 Å². The van der Waals surface area contributed by atoms with Crippen LogP contribution in [0.15, 0.2) is 23.1 Å². The lowest BCUT2D eigenvalue weighted by Gasteiger charge is -2.33. The van der Waals surface area contributed by atoms with Gasteiger partial charge in [-0.25, -0.2) is 8.42 Å². The lowest BCUT2D eigenvalue weighted by atomic mass is 9.92. The van der Waals surface area contributed by atoms with Gasteiger partial charge in [-0.1, -0.05) is 36.2 Å². The molecule has 0 spiro atoms. The van der Waals surface area contributed by atoms with Gasteiger partial charge in [0.05, 0.1) is 16.0 Å². The molecule has 1 N–H and O–H groups in total. The molecule has 2 unspecified atom stereocenters. The number of aliphatic carboxylic acids is 1. The molecule has 0 saturated carbocycles. The van der Waals surface area contributed by atoms with Crippen LogP contribution in [-0.4, -0.2) is 36.9 Å². The summed E-state index contributed by atoms with van der Waals surface area (Å²) in [6.45, 7) is 2.05. The van der Waals surface area contributed by atoms with E-state index in [1.165, 1.54) is 22.5 Å². The van der Waals surface area contributed by atoms with Gasteiger partial charge in [-0.05, 0) is 24.5 Å². The number of sulfonamides is 1. The standard InChI is InChI=1S/C13H15Cl2NO4S/c1-8-5-9(13(17)18)7-16(6-8)21(19,20)11-4-2-3-10(14)12(11)15/h2-4,8-9H,5-7H2,1H3,(H,17,18). The molecule has 0 aromatic heterocycles. The second kappa shape index (κ2) is 6.12. The summed E-state index contributed by atoms with van der Waals surface area (Å²) >= 11 is 11.8. The fourth-order valence-corrected chi connectivity index (χ4v) is 4.84. The first-order valence-electron chi connectivity index (χ1n) is 6.40. The Morgan fingerprint density at radius 3 is 2.62 bits per heavy atom. The highest BCUT2D eigenvalue weighted by Crippen LogP contribution is 2.33. The number of benzene rings is 1. The van der Waals surface area contributed by atoms with Gasteiger partial charge < -0.3 is 5.11 Å². The van der Waals surface area contributed by atoms with E-state index in [1.54, 1.807) is 0 Å². The zero-order valence-corrected chi connectivity index (χ0v) is 13.6. The number of carbonyl (C=O) groups is 1. The smallest absolute Gasteiger partial charge is 0.307 e. The number of hydrogen-bond acceptors (Lipinski definition) is 3. The normalized spacial score (nSPS) is 24.0. The highest BCUT2D eigenvalue weighted by atomic mass is 35.5. The molecule has 116 valence electrons. The van der Waals surface area contributed by atoms with Crippen LogP contribution < -0.4 is 0 Å². The Labute approximate surface area is 133 Å². The van der Waals surface area contributed by atoms with Crippen molar-refractivity contribution in [3.63, 3.8) is 0 Å². The highest BCUT2D eigenvalue weighted by molar-refractivity contribution is 7.89. The average molecular weight is 352 g/mol. The van der Waals surface area contributed by atoms with E-state index in [1.807, 2.05) is 6.92 Å². The number of halogens is 2. The summed E-state index contributed by atoms with van der Waals surface area (Å²) in [5.41, 5.74) is 0. The van der Waals surface area contributed by atoms with Gasteiger partial charge in [0.15, 0.2) is 0 Å². The van der Waals surface area contributed by atoms with Gasteiger partial charge in [0.2, 0.25) is 10.0 Å². The first kappa shape index (κ1) is 16.5. The van der Waals surface area contributed by atoms with Crippen molar-refractivity contribution in [2.45, 2.75) is 18.2 Å². The molecular weight excluding hydrogens is 337 g/mol. The van der Waals surface area contributed by atoms with Crippen molar-refractivity contribution in [3.8, 4) is 0 Å². The van der Waals surface area contributed by atoms with Gasteiger partial charge in [-0.2, -0.15) is 4.31 Å². The summed E-state index contributed by atoms with van der Waals surface area (Å²) in [6, 6.07) is 4.38. The summed E-state index contributed by atoms with van der Waals surface area (Å²) in [5.74, 6) is -1.73. The summed E-state index contributed by atoms with van der Waals surface area (Å²) in [7, 11) is -3.86. The van der Waals surface area contributed by atoms with Gasteiger partial charge >= 0.3 is 5.97 Å². The lowest BCUT2D eigenvalue weighted by molar-refractivity contribution is -0.143. The molecule has 1 aromatic carbocycles. The molecule has 1 saturated heterocycles. The van der Waals surface area contributed by atoms with Crippen LogP contribution in [-0.2, 0) is 14.8 Å². The van der Waals surface area contributed by atoms with Crippen LogP contribution in [0.1, 0.15) is 13.3 Å². The first-order valence-corrected chi connectivity index (χ1v) is 8.60. The molecule has 1 aromatic rings. The summed E-state index contributed by atoms with van der Waals surface area (Å²) in [4.78, 5) is 11.1. The van der Waals surface area contributed by atoms with E-state index in [0.29, 0.717) is 6.42 Å². The number of piperidine rings is 1. The van der Waals surface area contributed by atoms with E-state index in [0.717, 1.165) is 0 Å². The van der Waals surface area contributed by atoms with Crippen molar-refractivity contribution < 1.29 is 18.3 Å². The fourth-order valence-electron chi connectivity index (χ4n) is 2.50. The molecule has 1 heterocycles. The van der Waals surface area contributed by atoms with Crippen LogP contribution in [0.4, 0.5) is 0 Å². The summed E-state index contributed by atoms with van der Waals surface area (Å²) in [5, 5.41) is 9.25. The maximum Gasteiger partial charge on any atom is 0.307 e. The van der Waals surface area contributed by atoms with E-state index >= 15 is 0 Å².